The van der Waals surface area contributed by atoms with Gasteiger partial charge in [0.2, 0.25) is 0 Å². The molecule has 0 amide bonds. The van der Waals surface area contributed by atoms with E-state index in [1.807, 2.05) is 0 Å². The van der Waals surface area contributed by atoms with Crippen LogP contribution < -0.4 is 14.8 Å². The van der Waals surface area contributed by atoms with E-state index in [0.717, 1.165) is 13.1 Å². The molecule has 0 saturated carbocycles. The van der Waals surface area contributed by atoms with Crippen molar-refractivity contribution in [1.29, 1.82) is 0 Å². The molecular formula is C22H24ClFN4O4. The summed E-state index contributed by atoms with van der Waals surface area (Å²) >= 11 is 5.89. The van der Waals surface area contributed by atoms with E-state index in [9.17, 15) is 9.50 Å². The van der Waals surface area contributed by atoms with Gasteiger partial charge in [0.05, 0.1) is 30.9 Å². The molecule has 3 aromatic rings. The lowest BCUT2D eigenvalue weighted by Crippen LogP contribution is -2.42. The molecule has 32 heavy (non-hydrogen) atoms. The number of benzene rings is 2. The number of nitrogens with zero attached hydrogens (tertiary/aromatic N) is 3. The second-order valence-electron chi connectivity index (χ2n) is 7.37. The fourth-order valence-electron chi connectivity index (χ4n) is 3.47. The van der Waals surface area contributed by atoms with Crippen molar-refractivity contribution in [2.45, 2.75) is 6.10 Å². The smallest absolute Gasteiger partial charge is 0.162 e. The van der Waals surface area contributed by atoms with Gasteiger partial charge in [0.15, 0.2) is 11.5 Å². The summed E-state index contributed by atoms with van der Waals surface area (Å²) in [5.41, 5.74) is 1.21. The van der Waals surface area contributed by atoms with Crippen LogP contribution in [0.25, 0.3) is 10.9 Å². The molecule has 1 unspecified atom stereocenters. The summed E-state index contributed by atoms with van der Waals surface area (Å²) < 4.78 is 30.2. The maximum Gasteiger partial charge on any atom is 0.162 e. The van der Waals surface area contributed by atoms with E-state index in [0.29, 0.717) is 53.7 Å². The van der Waals surface area contributed by atoms with Crippen LogP contribution in [0.5, 0.6) is 11.5 Å². The molecule has 0 aliphatic carbocycles. The highest BCUT2D eigenvalue weighted by Crippen LogP contribution is 2.35. The Bertz CT molecular complexity index is 1080. The van der Waals surface area contributed by atoms with E-state index in [-0.39, 0.29) is 11.6 Å². The molecule has 1 atom stereocenters. The number of ether oxygens (including phenoxy) is 3. The van der Waals surface area contributed by atoms with Gasteiger partial charge in [0.1, 0.15) is 30.7 Å². The van der Waals surface area contributed by atoms with Gasteiger partial charge in [0.25, 0.3) is 0 Å². The summed E-state index contributed by atoms with van der Waals surface area (Å²) in [6.45, 7) is 3.51. The van der Waals surface area contributed by atoms with Gasteiger partial charge < -0.3 is 24.6 Å². The van der Waals surface area contributed by atoms with Crippen molar-refractivity contribution in [2.75, 3.05) is 51.9 Å². The highest BCUT2D eigenvalue weighted by Gasteiger charge is 2.17. The number of aliphatic hydroxyl groups is 1. The molecule has 1 fully saturated rings. The number of halogens is 2. The van der Waals surface area contributed by atoms with Crippen LogP contribution in [0.15, 0.2) is 36.7 Å². The van der Waals surface area contributed by atoms with Gasteiger partial charge >= 0.3 is 0 Å². The van der Waals surface area contributed by atoms with E-state index >= 15 is 0 Å². The van der Waals surface area contributed by atoms with Crippen LogP contribution in [0.4, 0.5) is 15.9 Å². The Morgan fingerprint density at radius 1 is 1.22 bits per heavy atom. The lowest BCUT2D eigenvalue weighted by molar-refractivity contribution is 0.00447. The van der Waals surface area contributed by atoms with E-state index in [2.05, 4.69) is 20.2 Å². The van der Waals surface area contributed by atoms with Crippen molar-refractivity contribution in [1.82, 2.24) is 14.9 Å². The Morgan fingerprint density at radius 2 is 2.03 bits per heavy atom. The van der Waals surface area contributed by atoms with Crippen LogP contribution in [0.1, 0.15) is 0 Å². The van der Waals surface area contributed by atoms with Gasteiger partial charge in [-0.25, -0.2) is 14.4 Å². The Hall–Kier alpha value is -2.72. The SMILES string of the molecule is COc1cc2ncnc(Nc3ccc(F)c(Cl)c3)c2cc1OCC(O)CN1CCOCC1. The predicted octanol–water partition coefficient (Wildman–Crippen LogP) is 3.25. The molecular weight excluding hydrogens is 439 g/mol. The van der Waals surface area contributed by atoms with Crippen molar-refractivity contribution in [3.8, 4) is 11.5 Å². The minimum atomic E-state index is -0.667. The summed E-state index contributed by atoms with van der Waals surface area (Å²) in [7, 11) is 1.54. The fourth-order valence-corrected chi connectivity index (χ4v) is 3.65. The van der Waals surface area contributed by atoms with Gasteiger partial charge in [-0.2, -0.15) is 0 Å². The van der Waals surface area contributed by atoms with Gasteiger partial charge in [-0.15, -0.1) is 0 Å². The average Bonchev–Trinajstić information content (AvgIpc) is 2.80. The molecule has 4 rings (SSSR count). The number of methoxy groups -OCH3 is 1. The lowest BCUT2D eigenvalue weighted by atomic mass is 10.2. The first kappa shape index (κ1) is 22.5. The first-order valence-corrected chi connectivity index (χ1v) is 10.6. The molecule has 0 radical (unpaired) electrons. The number of rotatable bonds is 8. The topological polar surface area (TPSA) is 89.0 Å². The molecule has 2 aromatic carbocycles. The van der Waals surface area contributed by atoms with Crippen molar-refractivity contribution >= 4 is 34.0 Å². The van der Waals surface area contributed by atoms with Gasteiger partial charge in [-0.05, 0) is 24.3 Å². The van der Waals surface area contributed by atoms with Crippen LogP contribution in [-0.4, -0.2) is 72.6 Å². The Morgan fingerprint density at radius 3 is 2.78 bits per heavy atom. The molecule has 0 spiro atoms. The van der Waals surface area contributed by atoms with Crippen LogP contribution in [0, 0.1) is 5.82 Å². The van der Waals surface area contributed by atoms with Crippen LogP contribution >= 0.6 is 11.6 Å². The second kappa shape index (κ2) is 10.3. The minimum absolute atomic E-state index is 0.00769. The van der Waals surface area contributed by atoms with Gasteiger partial charge in [-0.1, -0.05) is 11.6 Å². The maximum atomic E-state index is 13.5. The summed E-state index contributed by atoms with van der Waals surface area (Å²) in [4.78, 5) is 10.7. The summed E-state index contributed by atoms with van der Waals surface area (Å²) in [6, 6.07) is 7.82. The first-order chi connectivity index (χ1) is 15.5. The van der Waals surface area contributed by atoms with Crippen molar-refractivity contribution < 1.29 is 23.7 Å². The van der Waals surface area contributed by atoms with E-state index in [1.54, 1.807) is 25.3 Å². The van der Waals surface area contributed by atoms with E-state index in [1.165, 1.54) is 18.5 Å². The van der Waals surface area contributed by atoms with Crippen molar-refractivity contribution in [3.05, 3.63) is 47.5 Å². The third-order valence-corrected chi connectivity index (χ3v) is 5.40. The van der Waals surface area contributed by atoms with Crippen molar-refractivity contribution in [2.24, 2.45) is 0 Å². The Balaban J connectivity index is 1.54. The number of fused-ring (bicyclic) bond motifs is 1. The number of aromatic nitrogens is 2. The maximum absolute atomic E-state index is 13.5. The number of β-amino-alcohol motifs (C(OH)–C–C–N with tert-alkyl or cyclic N) is 1. The second-order valence-corrected chi connectivity index (χ2v) is 7.78. The zero-order valence-corrected chi connectivity index (χ0v) is 18.3. The van der Waals surface area contributed by atoms with Gasteiger partial charge in [-0.3, -0.25) is 4.90 Å². The highest BCUT2D eigenvalue weighted by molar-refractivity contribution is 6.31. The fraction of sp³-hybridized carbons (Fsp3) is 0.364. The zero-order valence-electron chi connectivity index (χ0n) is 17.6. The third kappa shape index (κ3) is 5.36. The average molecular weight is 463 g/mol. The molecule has 2 heterocycles. The van der Waals surface area contributed by atoms with Crippen LogP contribution in [-0.2, 0) is 4.74 Å². The van der Waals surface area contributed by atoms with Crippen LogP contribution in [0.3, 0.4) is 0 Å². The highest BCUT2D eigenvalue weighted by atomic mass is 35.5. The minimum Gasteiger partial charge on any atom is -0.493 e. The van der Waals surface area contributed by atoms with E-state index < -0.39 is 11.9 Å². The summed E-state index contributed by atoms with van der Waals surface area (Å²) in [5, 5.41) is 14.2. The quantitative estimate of drug-likeness (QED) is 0.527. The number of anilines is 2. The number of morpholine rings is 1. The number of hydrogen-bond donors (Lipinski definition) is 2. The summed E-state index contributed by atoms with van der Waals surface area (Å²) in [6.07, 6.45) is 0.751. The Kier molecular flexibility index (Phi) is 7.21. The molecule has 2 N–H and O–H groups in total. The van der Waals surface area contributed by atoms with Crippen LogP contribution in [0.2, 0.25) is 5.02 Å². The molecule has 8 nitrogen and oxygen atoms in total. The zero-order chi connectivity index (χ0) is 22.5. The van der Waals surface area contributed by atoms with Crippen molar-refractivity contribution in [3.63, 3.8) is 0 Å². The molecule has 1 aliphatic rings. The largest absolute Gasteiger partial charge is 0.493 e. The predicted molar refractivity (Wildman–Crippen MR) is 120 cm³/mol. The van der Waals surface area contributed by atoms with E-state index in [4.69, 9.17) is 25.8 Å². The number of hydrogen-bond acceptors (Lipinski definition) is 8. The number of nitrogens with one attached hydrogen (secondary N) is 1. The third-order valence-electron chi connectivity index (χ3n) is 5.11. The normalized spacial score (nSPS) is 15.5. The summed E-state index contributed by atoms with van der Waals surface area (Å²) in [5.74, 6) is 0.946. The monoisotopic (exact) mass is 462 g/mol. The molecule has 170 valence electrons. The van der Waals surface area contributed by atoms with Gasteiger partial charge in [0, 0.05) is 36.8 Å². The molecule has 1 saturated heterocycles. The molecule has 10 heteroatoms. The lowest BCUT2D eigenvalue weighted by Gasteiger charge is -2.28. The molecule has 1 aromatic heterocycles. The standard InChI is InChI=1S/C22H24ClFN4O4/c1-30-20-10-19-16(9-21(20)32-12-15(29)11-28-4-6-31-7-5-28)22(26-13-25-19)27-14-2-3-18(24)17(23)8-14/h2-3,8-10,13,15,29H,4-7,11-12H2,1H3,(H,25,26,27). The molecule has 1 aliphatic heterocycles. The Labute approximate surface area is 189 Å². The molecule has 0 bridgehead atoms. The first-order valence-electron chi connectivity index (χ1n) is 10.2. The number of aliphatic hydroxyl groups excluding tert-OH is 1.